The second-order valence-electron chi connectivity index (χ2n) is 18.0. The van der Waals surface area contributed by atoms with Crippen LogP contribution in [0.4, 0.5) is 0 Å². The van der Waals surface area contributed by atoms with Crippen molar-refractivity contribution < 1.29 is 84.6 Å². The number of aliphatic hydroxyl groups excluding tert-OH is 11. The van der Waals surface area contributed by atoms with E-state index in [9.17, 15) is 56.2 Å². The Kier molecular flexibility index (Phi) is 13.2. The molecule has 0 bridgehead atoms. The molecule has 11 N–H and O–H groups in total. The van der Waals surface area contributed by atoms with Crippen LogP contribution in [0, 0.1) is 28.1 Å². The monoisotopic (exact) mass is 792 g/mol. The molecule has 55 heavy (non-hydrogen) atoms. The Morgan fingerprint density at radius 3 is 1.95 bits per heavy atom. The van der Waals surface area contributed by atoms with Crippen molar-refractivity contribution in [2.45, 2.75) is 177 Å². The summed E-state index contributed by atoms with van der Waals surface area (Å²) in [5.41, 5.74) is 0.151. The van der Waals surface area contributed by atoms with Crippen LogP contribution in [-0.4, -0.2) is 180 Å². The van der Waals surface area contributed by atoms with Gasteiger partial charge in [0, 0.05) is 0 Å². The lowest BCUT2D eigenvalue weighted by molar-refractivity contribution is -0.365. The lowest BCUT2D eigenvalue weighted by Crippen LogP contribution is -2.65. The molecule has 0 amide bonds. The highest BCUT2D eigenvalue weighted by Crippen LogP contribution is 2.64. The Balaban J connectivity index is 1.12. The molecule has 6 aliphatic rings. The molecule has 2 saturated carbocycles. The van der Waals surface area contributed by atoms with Gasteiger partial charge in [-0.05, 0) is 73.5 Å². The van der Waals surface area contributed by atoms with Crippen molar-refractivity contribution >= 4 is 0 Å². The summed E-state index contributed by atoms with van der Waals surface area (Å²) in [6, 6.07) is 0. The van der Waals surface area contributed by atoms with Crippen LogP contribution in [0.5, 0.6) is 0 Å². The predicted molar refractivity (Wildman–Crippen MR) is 188 cm³/mol. The number of rotatable bonds is 10. The zero-order valence-electron chi connectivity index (χ0n) is 32.3. The molecule has 3 aliphatic heterocycles. The first-order valence-corrected chi connectivity index (χ1v) is 19.7. The van der Waals surface area contributed by atoms with Crippen LogP contribution in [0.3, 0.4) is 0 Å². The zero-order chi connectivity index (χ0) is 40.4. The first-order valence-electron chi connectivity index (χ1n) is 19.7. The SMILES string of the molecule is C[C@@H]1O[C@@H](O[C@H]2[C@H](O)[C@@H](O)[C@H](OC3CCC4(C)C5CCC(C)(C(CO)OC6OC(CO)C(O)C(O)C6O)CC5=CCC4C3(C)C)O[C@@H]2CO)[C@H](O)[C@H](O)[C@H]1O. The number of fused-ring (bicyclic) bond motifs is 3. The summed E-state index contributed by atoms with van der Waals surface area (Å²) in [7, 11) is 0. The molecule has 21 atom stereocenters. The van der Waals surface area contributed by atoms with E-state index in [-0.39, 0.29) is 23.9 Å². The Labute approximate surface area is 321 Å². The van der Waals surface area contributed by atoms with E-state index < -0.39 is 128 Å². The minimum atomic E-state index is -1.66. The Hall–Kier alpha value is -0.940. The van der Waals surface area contributed by atoms with E-state index in [4.69, 9.17) is 28.4 Å². The molecule has 6 rings (SSSR count). The van der Waals surface area contributed by atoms with Gasteiger partial charge in [0.05, 0.1) is 38.1 Å². The van der Waals surface area contributed by atoms with E-state index >= 15 is 0 Å². The third kappa shape index (κ3) is 7.81. The van der Waals surface area contributed by atoms with Crippen molar-refractivity contribution in [2.75, 3.05) is 19.8 Å². The fourth-order valence-electron chi connectivity index (χ4n) is 10.7. The van der Waals surface area contributed by atoms with Gasteiger partial charge in [0.25, 0.3) is 0 Å². The molecule has 11 unspecified atom stereocenters. The van der Waals surface area contributed by atoms with Crippen LogP contribution < -0.4 is 0 Å². The smallest absolute Gasteiger partial charge is 0.187 e. The topological polar surface area (TPSA) is 278 Å². The minimum absolute atomic E-state index is 0.129. The van der Waals surface area contributed by atoms with Gasteiger partial charge in [-0.15, -0.1) is 0 Å². The summed E-state index contributed by atoms with van der Waals surface area (Å²) in [6.45, 7) is 8.50. The van der Waals surface area contributed by atoms with E-state index in [2.05, 4.69) is 26.8 Å². The normalized spacial score (nSPS) is 52.1. The van der Waals surface area contributed by atoms with Crippen molar-refractivity contribution in [3.63, 3.8) is 0 Å². The average Bonchev–Trinajstić information content (AvgIpc) is 3.15. The third-order valence-electron chi connectivity index (χ3n) is 14.2. The summed E-state index contributed by atoms with van der Waals surface area (Å²) >= 11 is 0. The summed E-state index contributed by atoms with van der Waals surface area (Å²) < 4.78 is 35.5. The number of allylic oxidation sites excluding steroid dienone is 2. The molecule has 318 valence electrons. The highest BCUT2D eigenvalue weighted by molar-refractivity contribution is 5.25. The van der Waals surface area contributed by atoms with Crippen molar-refractivity contribution in [2.24, 2.45) is 28.1 Å². The Morgan fingerprint density at radius 1 is 0.691 bits per heavy atom. The van der Waals surface area contributed by atoms with E-state index in [1.807, 2.05) is 6.92 Å². The quantitative estimate of drug-likeness (QED) is 0.105. The summed E-state index contributed by atoms with van der Waals surface area (Å²) in [5.74, 6) is 0.376. The lowest BCUT2D eigenvalue weighted by Gasteiger charge is -2.62. The number of hydrogen-bond donors (Lipinski definition) is 11. The summed E-state index contributed by atoms with van der Waals surface area (Å²) in [6.07, 6.45) is -15.9. The molecule has 0 aromatic heterocycles. The highest BCUT2D eigenvalue weighted by atomic mass is 16.7. The van der Waals surface area contributed by atoms with Gasteiger partial charge in [-0.1, -0.05) is 39.3 Å². The first kappa shape index (κ1) is 43.6. The lowest BCUT2D eigenvalue weighted by atomic mass is 9.45. The second kappa shape index (κ2) is 16.6. The van der Waals surface area contributed by atoms with E-state index in [0.29, 0.717) is 19.3 Å². The van der Waals surface area contributed by atoms with E-state index in [1.54, 1.807) is 0 Å². The van der Waals surface area contributed by atoms with Crippen LogP contribution in [0.2, 0.25) is 0 Å². The molecule has 0 spiro atoms. The fourth-order valence-corrected chi connectivity index (χ4v) is 10.7. The molecule has 5 fully saturated rings. The third-order valence-corrected chi connectivity index (χ3v) is 14.2. The molecular weight excluding hydrogens is 728 g/mol. The largest absolute Gasteiger partial charge is 0.394 e. The van der Waals surface area contributed by atoms with Crippen LogP contribution in [0.1, 0.15) is 73.1 Å². The van der Waals surface area contributed by atoms with Crippen LogP contribution in [-0.2, 0) is 28.4 Å². The minimum Gasteiger partial charge on any atom is -0.394 e. The van der Waals surface area contributed by atoms with Crippen LogP contribution in [0.15, 0.2) is 11.6 Å². The zero-order valence-corrected chi connectivity index (χ0v) is 32.3. The van der Waals surface area contributed by atoms with E-state index in [0.717, 1.165) is 19.3 Å². The molecular formula is C38H64O17. The van der Waals surface area contributed by atoms with Gasteiger partial charge in [0.2, 0.25) is 0 Å². The molecule has 3 heterocycles. The van der Waals surface area contributed by atoms with Gasteiger partial charge in [0.1, 0.15) is 67.1 Å². The fraction of sp³-hybridized carbons (Fsp3) is 0.947. The van der Waals surface area contributed by atoms with Gasteiger partial charge in [-0.2, -0.15) is 0 Å². The van der Waals surface area contributed by atoms with Gasteiger partial charge in [-0.25, -0.2) is 0 Å². The number of hydrogen-bond acceptors (Lipinski definition) is 17. The second-order valence-corrected chi connectivity index (χ2v) is 18.0. The van der Waals surface area contributed by atoms with Crippen molar-refractivity contribution in [3.05, 3.63) is 11.6 Å². The van der Waals surface area contributed by atoms with Crippen molar-refractivity contribution in [3.8, 4) is 0 Å². The molecule has 0 aromatic carbocycles. The maximum atomic E-state index is 11.2. The number of aliphatic hydroxyl groups is 11. The standard InChI is InChI=1S/C38H64O17/c1-16-24(42)26(44)29(47)33(50-16)55-32-20(14-40)52-35(31(49)28(32)46)53-22-9-11-38(5)18-8-10-37(4,12-17(18)6-7-21(38)36(22,2)3)23(15-41)54-34-30(48)27(45)25(43)19(13-39)51-34/h6,16,18-35,39-49H,7-15H2,1-5H3/t16-,18?,19?,20+,21?,22?,23?,24-,25?,26+,27?,28+,29+,30?,31+,32+,33-,34?,35-,37?,38?/m0/s1. The van der Waals surface area contributed by atoms with Gasteiger partial charge in [-0.3, -0.25) is 0 Å². The van der Waals surface area contributed by atoms with Gasteiger partial charge in [0.15, 0.2) is 18.9 Å². The molecule has 0 radical (unpaired) electrons. The molecule has 17 heteroatoms. The van der Waals surface area contributed by atoms with Gasteiger partial charge < -0.3 is 84.6 Å². The maximum Gasteiger partial charge on any atom is 0.187 e. The molecule has 0 aromatic rings. The van der Waals surface area contributed by atoms with E-state index in [1.165, 1.54) is 12.5 Å². The molecule has 17 nitrogen and oxygen atoms in total. The maximum absolute atomic E-state index is 11.2. The van der Waals surface area contributed by atoms with Crippen LogP contribution in [0.25, 0.3) is 0 Å². The summed E-state index contributed by atoms with van der Waals surface area (Å²) in [5, 5.41) is 115. The van der Waals surface area contributed by atoms with Crippen molar-refractivity contribution in [1.82, 2.24) is 0 Å². The highest BCUT2D eigenvalue weighted by Gasteiger charge is 2.60. The van der Waals surface area contributed by atoms with Gasteiger partial charge >= 0.3 is 0 Å². The summed E-state index contributed by atoms with van der Waals surface area (Å²) in [4.78, 5) is 0. The van der Waals surface area contributed by atoms with Crippen LogP contribution >= 0.6 is 0 Å². The van der Waals surface area contributed by atoms with Crippen molar-refractivity contribution in [1.29, 1.82) is 0 Å². The molecule has 3 aliphatic carbocycles. The number of ether oxygens (including phenoxy) is 6. The first-order chi connectivity index (χ1) is 25.8. The molecule has 3 saturated heterocycles. The Bertz CT molecular complexity index is 1330. The Morgan fingerprint density at radius 2 is 1.29 bits per heavy atom. The average molecular weight is 793 g/mol. The predicted octanol–water partition coefficient (Wildman–Crippen LogP) is -2.22.